The SMILES string of the molecule is CC(C)[C@@H](C)/C=C\[C@@H](C)[C@H]1CCC(=O)[C@]23CC(=O)C4=CC(=O)CC[C@]4(C)[C@H]2CC[C@]13C. The third-order valence-corrected chi connectivity index (χ3v) is 10.3. The largest absolute Gasteiger partial charge is 0.299 e. The number of allylic oxidation sites excluding steroid dienone is 4. The lowest BCUT2D eigenvalue weighted by Gasteiger charge is -2.60. The van der Waals surface area contributed by atoms with Crippen LogP contribution >= 0.6 is 0 Å². The molecule has 0 heterocycles. The maximum Gasteiger partial charge on any atom is 0.160 e. The van der Waals surface area contributed by atoms with Crippen LogP contribution in [0.5, 0.6) is 0 Å². The molecular formula is C28H40O3. The lowest BCUT2D eigenvalue weighted by atomic mass is 9.41. The van der Waals surface area contributed by atoms with Crippen molar-refractivity contribution in [2.75, 3.05) is 0 Å². The number of Topliss-reactive ketones (excluding diaryl/α,β-unsaturated/α-hetero) is 2. The predicted molar refractivity (Wildman–Crippen MR) is 123 cm³/mol. The number of ketones is 3. The first-order valence-corrected chi connectivity index (χ1v) is 12.5. The molecule has 0 N–H and O–H groups in total. The Labute approximate surface area is 188 Å². The highest BCUT2D eigenvalue weighted by atomic mass is 16.1. The lowest BCUT2D eigenvalue weighted by molar-refractivity contribution is -0.164. The van der Waals surface area contributed by atoms with Crippen LogP contribution in [0.15, 0.2) is 23.8 Å². The minimum atomic E-state index is -0.550. The average Bonchev–Trinajstić information content (AvgIpc) is 3.03. The molecule has 0 aromatic heterocycles. The van der Waals surface area contributed by atoms with E-state index < -0.39 is 5.41 Å². The summed E-state index contributed by atoms with van der Waals surface area (Å²) in [6.45, 7) is 13.6. The van der Waals surface area contributed by atoms with Crippen molar-refractivity contribution in [3.05, 3.63) is 23.8 Å². The van der Waals surface area contributed by atoms with E-state index in [4.69, 9.17) is 0 Å². The molecule has 4 aliphatic rings. The van der Waals surface area contributed by atoms with Crippen LogP contribution < -0.4 is 0 Å². The summed E-state index contributed by atoms with van der Waals surface area (Å²) in [6, 6.07) is 0. The van der Waals surface area contributed by atoms with Crippen LogP contribution in [0.2, 0.25) is 0 Å². The highest BCUT2D eigenvalue weighted by Gasteiger charge is 2.72. The van der Waals surface area contributed by atoms with E-state index >= 15 is 0 Å². The van der Waals surface area contributed by atoms with Crippen LogP contribution in [0.3, 0.4) is 0 Å². The van der Waals surface area contributed by atoms with Gasteiger partial charge >= 0.3 is 0 Å². The first-order valence-electron chi connectivity index (χ1n) is 12.5. The number of rotatable bonds is 4. The molecule has 0 bridgehead atoms. The van der Waals surface area contributed by atoms with Gasteiger partial charge < -0.3 is 0 Å². The van der Waals surface area contributed by atoms with Gasteiger partial charge in [-0.3, -0.25) is 14.4 Å². The van der Waals surface area contributed by atoms with Gasteiger partial charge in [-0.25, -0.2) is 0 Å². The third-order valence-electron chi connectivity index (χ3n) is 10.3. The van der Waals surface area contributed by atoms with Gasteiger partial charge in [0.25, 0.3) is 0 Å². The molecule has 170 valence electrons. The number of fused-ring (bicyclic) bond motifs is 2. The second-order valence-corrected chi connectivity index (χ2v) is 11.9. The van der Waals surface area contributed by atoms with E-state index in [1.54, 1.807) is 6.08 Å². The minimum absolute atomic E-state index is 0.0607. The van der Waals surface area contributed by atoms with Crippen LogP contribution in [0, 0.1) is 45.8 Å². The molecule has 7 atom stereocenters. The molecule has 0 saturated heterocycles. The van der Waals surface area contributed by atoms with Crippen LogP contribution in [0.1, 0.15) is 86.5 Å². The maximum absolute atomic E-state index is 13.7. The van der Waals surface area contributed by atoms with Crippen molar-refractivity contribution in [3.8, 4) is 0 Å². The van der Waals surface area contributed by atoms with Crippen molar-refractivity contribution >= 4 is 17.3 Å². The van der Waals surface area contributed by atoms with E-state index in [-0.39, 0.29) is 28.3 Å². The molecule has 3 nitrogen and oxygen atoms in total. The summed E-state index contributed by atoms with van der Waals surface area (Å²) < 4.78 is 0. The molecule has 0 aromatic rings. The fraction of sp³-hybridized carbons (Fsp3) is 0.750. The Morgan fingerprint density at radius 3 is 2.35 bits per heavy atom. The molecule has 1 spiro atoms. The molecule has 3 fully saturated rings. The maximum atomic E-state index is 13.7. The van der Waals surface area contributed by atoms with Gasteiger partial charge in [0.05, 0.1) is 0 Å². The molecule has 4 rings (SSSR count). The predicted octanol–water partition coefficient (Wildman–Crippen LogP) is 6.12. The second-order valence-electron chi connectivity index (χ2n) is 11.9. The summed E-state index contributed by atoms with van der Waals surface area (Å²) in [5, 5.41) is 0. The van der Waals surface area contributed by atoms with E-state index in [0.29, 0.717) is 55.1 Å². The Morgan fingerprint density at radius 2 is 1.68 bits per heavy atom. The molecule has 0 radical (unpaired) electrons. The number of hydrogen-bond donors (Lipinski definition) is 0. The Morgan fingerprint density at radius 1 is 0.968 bits per heavy atom. The Kier molecular flexibility index (Phi) is 5.50. The molecule has 0 aromatic carbocycles. The normalized spacial score (nSPS) is 42.3. The third kappa shape index (κ3) is 3.09. The van der Waals surface area contributed by atoms with Crippen LogP contribution in [0.25, 0.3) is 0 Å². The summed E-state index contributed by atoms with van der Waals surface area (Å²) >= 11 is 0. The van der Waals surface area contributed by atoms with Gasteiger partial charge in [-0.15, -0.1) is 0 Å². The average molecular weight is 425 g/mol. The zero-order valence-corrected chi connectivity index (χ0v) is 20.3. The molecule has 3 heteroatoms. The summed E-state index contributed by atoms with van der Waals surface area (Å²) in [5.74, 6) is 2.60. The smallest absolute Gasteiger partial charge is 0.160 e. The van der Waals surface area contributed by atoms with E-state index in [2.05, 4.69) is 53.7 Å². The molecule has 0 aliphatic heterocycles. The van der Waals surface area contributed by atoms with Crippen molar-refractivity contribution in [2.45, 2.75) is 86.5 Å². The van der Waals surface area contributed by atoms with Crippen molar-refractivity contribution in [2.24, 2.45) is 45.8 Å². The van der Waals surface area contributed by atoms with Crippen molar-refractivity contribution in [3.63, 3.8) is 0 Å². The van der Waals surface area contributed by atoms with Crippen molar-refractivity contribution in [1.29, 1.82) is 0 Å². The number of carbonyl (C=O) groups is 3. The quantitative estimate of drug-likeness (QED) is 0.511. The van der Waals surface area contributed by atoms with E-state index in [1.807, 2.05) is 0 Å². The van der Waals surface area contributed by atoms with Crippen molar-refractivity contribution < 1.29 is 14.4 Å². The molecule has 3 saturated carbocycles. The summed E-state index contributed by atoms with van der Waals surface area (Å²) in [7, 11) is 0. The summed E-state index contributed by atoms with van der Waals surface area (Å²) in [5.41, 5.74) is -0.310. The first kappa shape index (κ1) is 22.7. The van der Waals surface area contributed by atoms with Gasteiger partial charge in [-0.2, -0.15) is 0 Å². The van der Waals surface area contributed by atoms with Gasteiger partial charge in [0.15, 0.2) is 11.6 Å². The van der Waals surface area contributed by atoms with E-state index in [1.165, 1.54) is 0 Å². The Hall–Kier alpha value is -1.51. The fourth-order valence-corrected chi connectivity index (χ4v) is 8.03. The summed E-state index contributed by atoms with van der Waals surface area (Å²) in [4.78, 5) is 39.3. The zero-order valence-electron chi connectivity index (χ0n) is 20.3. The van der Waals surface area contributed by atoms with Gasteiger partial charge in [0.1, 0.15) is 5.78 Å². The minimum Gasteiger partial charge on any atom is -0.299 e. The van der Waals surface area contributed by atoms with E-state index in [9.17, 15) is 14.4 Å². The van der Waals surface area contributed by atoms with Crippen LogP contribution in [0.4, 0.5) is 0 Å². The Bertz CT molecular complexity index is 863. The van der Waals surface area contributed by atoms with Crippen LogP contribution in [-0.4, -0.2) is 17.3 Å². The van der Waals surface area contributed by atoms with Crippen molar-refractivity contribution in [1.82, 2.24) is 0 Å². The molecule has 31 heavy (non-hydrogen) atoms. The number of hydrogen-bond acceptors (Lipinski definition) is 3. The molecule has 0 unspecified atom stereocenters. The highest BCUT2D eigenvalue weighted by molar-refractivity contribution is 6.08. The molecule has 0 amide bonds. The molecule has 4 aliphatic carbocycles. The molecular weight excluding hydrogens is 384 g/mol. The van der Waals surface area contributed by atoms with Crippen LogP contribution in [-0.2, 0) is 14.4 Å². The zero-order chi connectivity index (χ0) is 22.8. The monoisotopic (exact) mass is 424 g/mol. The first-order chi connectivity index (χ1) is 14.5. The lowest BCUT2D eigenvalue weighted by Crippen LogP contribution is -2.61. The highest BCUT2D eigenvalue weighted by Crippen LogP contribution is 2.73. The van der Waals surface area contributed by atoms with E-state index in [0.717, 1.165) is 24.8 Å². The van der Waals surface area contributed by atoms with Gasteiger partial charge in [-0.05, 0) is 66.8 Å². The number of carbonyl (C=O) groups excluding carboxylic acids is 3. The fourth-order valence-electron chi connectivity index (χ4n) is 8.03. The standard InChI is InChI=1S/C28H40O3/c1-17(2)18(3)7-8-19(4)21-9-10-25(31)28-16-23(30)22-15-20(29)11-13-26(22,5)24(28)12-14-27(21,28)6/h7-8,15,17-19,21,24H,9-14,16H2,1-6H3/b8-7-/t18-,19+,21+,24+,26-,27+,28-/m0/s1. The topological polar surface area (TPSA) is 51.2 Å². The van der Waals surface area contributed by atoms with Gasteiger partial charge in [-0.1, -0.05) is 53.7 Å². The summed E-state index contributed by atoms with van der Waals surface area (Å²) in [6.07, 6.45) is 11.4. The Balaban J connectivity index is 1.74. The van der Waals surface area contributed by atoms with Gasteiger partial charge in [0, 0.05) is 35.7 Å². The second kappa shape index (κ2) is 7.52. The van der Waals surface area contributed by atoms with Gasteiger partial charge in [0.2, 0.25) is 0 Å².